The molecule has 0 saturated heterocycles. The van der Waals surface area contributed by atoms with Gasteiger partial charge in [0.1, 0.15) is 0 Å². The minimum absolute atomic E-state index is 0.570. The summed E-state index contributed by atoms with van der Waals surface area (Å²) < 4.78 is 1.15. The van der Waals surface area contributed by atoms with Crippen LogP contribution in [0.15, 0.2) is 46.3 Å². The molecule has 2 aromatic rings. The first-order chi connectivity index (χ1) is 9.28. The zero-order valence-electron chi connectivity index (χ0n) is 11.2. The van der Waals surface area contributed by atoms with Crippen LogP contribution in [0.5, 0.6) is 0 Å². The Morgan fingerprint density at radius 3 is 2.63 bits per heavy atom. The molecule has 0 fully saturated rings. The van der Waals surface area contributed by atoms with E-state index < -0.39 is 0 Å². The van der Waals surface area contributed by atoms with Gasteiger partial charge in [0, 0.05) is 15.4 Å². The topological polar surface area (TPSA) is 12.0 Å². The third-order valence-electron chi connectivity index (χ3n) is 3.36. The second kappa shape index (κ2) is 7.83. The van der Waals surface area contributed by atoms with Gasteiger partial charge in [-0.2, -0.15) is 0 Å². The number of rotatable bonds is 7. The van der Waals surface area contributed by atoms with E-state index in [-0.39, 0.29) is 0 Å². The van der Waals surface area contributed by atoms with Gasteiger partial charge in [-0.3, -0.25) is 0 Å². The van der Waals surface area contributed by atoms with E-state index in [1.54, 1.807) is 0 Å². The Balaban J connectivity index is 1.78. The first-order valence-electron chi connectivity index (χ1n) is 6.72. The molecule has 2 rings (SSSR count). The van der Waals surface area contributed by atoms with Crippen LogP contribution < -0.4 is 5.32 Å². The first kappa shape index (κ1) is 14.8. The standard InChI is InChI=1S/C16H20BrNS/c1-18-15(4-2-5-16-6-3-11-19-16)12-13-7-9-14(17)10-8-13/h3,6-11,15,18H,2,4-5,12H2,1H3. The molecule has 0 radical (unpaired) electrons. The van der Waals surface area contributed by atoms with Crippen LogP contribution in [-0.2, 0) is 12.8 Å². The molecule has 1 heterocycles. The van der Waals surface area contributed by atoms with Crippen molar-refractivity contribution in [3.05, 3.63) is 56.7 Å². The number of thiophene rings is 1. The average molecular weight is 338 g/mol. The van der Waals surface area contributed by atoms with Crippen LogP contribution in [-0.4, -0.2) is 13.1 Å². The van der Waals surface area contributed by atoms with Crippen molar-refractivity contribution in [2.24, 2.45) is 0 Å². The normalized spacial score (nSPS) is 12.5. The summed E-state index contributed by atoms with van der Waals surface area (Å²) in [6.07, 6.45) is 4.79. The summed E-state index contributed by atoms with van der Waals surface area (Å²) in [4.78, 5) is 1.50. The van der Waals surface area contributed by atoms with Crippen molar-refractivity contribution in [2.45, 2.75) is 31.7 Å². The van der Waals surface area contributed by atoms with Crippen molar-refractivity contribution in [1.82, 2.24) is 5.32 Å². The van der Waals surface area contributed by atoms with Crippen molar-refractivity contribution >= 4 is 27.3 Å². The van der Waals surface area contributed by atoms with Gasteiger partial charge in [-0.1, -0.05) is 34.1 Å². The molecule has 0 aliphatic rings. The molecule has 0 amide bonds. The minimum Gasteiger partial charge on any atom is -0.317 e. The molecule has 0 bridgehead atoms. The van der Waals surface area contributed by atoms with Crippen molar-refractivity contribution in [1.29, 1.82) is 0 Å². The predicted molar refractivity (Wildman–Crippen MR) is 88.0 cm³/mol. The van der Waals surface area contributed by atoms with Gasteiger partial charge >= 0.3 is 0 Å². The van der Waals surface area contributed by atoms with Crippen LogP contribution in [0.3, 0.4) is 0 Å². The molecule has 1 atom stereocenters. The van der Waals surface area contributed by atoms with Crippen molar-refractivity contribution in [3.63, 3.8) is 0 Å². The number of hydrogen-bond acceptors (Lipinski definition) is 2. The maximum absolute atomic E-state index is 3.48. The molecule has 0 saturated carbocycles. The van der Waals surface area contributed by atoms with Gasteiger partial charge in [0.25, 0.3) is 0 Å². The molecule has 3 heteroatoms. The second-order valence-electron chi connectivity index (χ2n) is 4.79. The van der Waals surface area contributed by atoms with Crippen molar-refractivity contribution in [3.8, 4) is 0 Å². The van der Waals surface area contributed by atoms with Gasteiger partial charge in [0.15, 0.2) is 0 Å². The van der Waals surface area contributed by atoms with E-state index >= 15 is 0 Å². The smallest absolute Gasteiger partial charge is 0.0175 e. The molecule has 1 unspecified atom stereocenters. The number of halogens is 1. The quantitative estimate of drug-likeness (QED) is 0.774. The average Bonchev–Trinajstić information content (AvgIpc) is 2.93. The van der Waals surface area contributed by atoms with Crippen LogP contribution >= 0.6 is 27.3 Å². The lowest BCUT2D eigenvalue weighted by atomic mass is 10.0. The summed E-state index contributed by atoms with van der Waals surface area (Å²) >= 11 is 5.34. The highest BCUT2D eigenvalue weighted by Gasteiger charge is 2.07. The molecule has 1 aromatic heterocycles. The van der Waals surface area contributed by atoms with E-state index in [1.165, 1.54) is 29.7 Å². The largest absolute Gasteiger partial charge is 0.317 e. The zero-order chi connectivity index (χ0) is 13.5. The van der Waals surface area contributed by atoms with Gasteiger partial charge in [0.2, 0.25) is 0 Å². The summed E-state index contributed by atoms with van der Waals surface area (Å²) in [5.41, 5.74) is 1.40. The van der Waals surface area contributed by atoms with Crippen LogP contribution in [0, 0.1) is 0 Å². The maximum atomic E-state index is 3.48. The summed E-state index contributed by atoms with van der Waals surface area (Å²) in [6, 6.07) is 13.6. The highest BCUT2D eigenvalue weighted by Crippen LogP contribution is 2.16. The number of aryl methyl sites for hydroxylation is 1. The third kappa shape index (κ3) is 5.09. The van der Waals surface area contributed by atoms with Crippen LogP contribution in [0.2, 0.25) is 0 Å². The lowest BCUT2D eigenvalue weighted by molar-refractivity contribution is 0.503. The maximum Gasteiger partial charge on any atom is 0.0175 e. The van der Waals surface area contributed by atoms with Gasteiger partial charge < -0.3 is 5.32 Å². The van der Waals surface area contributed by atoms with Crippen molar-refractivity contribution in [2.75, 3.05) is 7.05 Å². The van der Waals surface area contributed by atoms with Crippen LogP contribution in [0.4, 0.5) is 0 Å². The van der Waals surface area contributed by atoms with Gasteiger partial charge in [-0.15, -0.1) is 11.3 Å². The molecule has 0 spiro atoms. The third-order valence-corrected chi connectivity index (χ3v) is 4.82. The lowest BCUT2D eigenvalue weighted by Crippen LogP contribution is -2.27. The fourth-order valence-corrected chi connectivity index (χ4v) is 3.25. The van der Waals surface area contributed by atoms with Gasteiger partial charge in [-0.25, -0.2) is 0 Å². The Morgan fingerprint density at radius 1 is 1.21 bits per heavy atom. The summed E-state index contributed by atoms with van der Waals surface area (Å²) in [5.74, 6) is 0. The van der Waals surface area contributed by atoms with E-state index in [9.17, 15) is 0 Å². The fourth-order valence-electron chi connectivity index (χ4n) is 2.23. The molecular weight excluding hydrogens is 318 g/mol. The number of likely N-dealkylation sites (N-methyl/N-ethyl adjacent to an activating group) is 1. The Kier molecular flexibility index (Phi) is 6.08. The molecule has 0 aliphatic heterocycles. The molecule has 1 aromatic carbocycles. The van der Waals surface area contributed by atoms with E-state index in [2.05, 4.69) is 70.1 Å². The minimum atomic E-state index is 0.570. The van der Waals surface area contributed by atoms with Gasteiger partial charge in [0.05, 0.1) is 0 Å². The molecule has 0 aliphatic carbocycles. The predicted octanol–water partition coefficient (Wildman–Crippen LogP) is 4.66. The molecule has 102 valence electrons. The summed E-state index contributed by atoms with van der Waals surface area (Å²) in [6.45, 7) is 0. The zero-order valence-corrected chi connectivity index (χ0v) is 13.6. The highest BCUT2D eigenvalue weighted by atomic mass is 79.9. The van der Waals surface area contributed by atoms with E-state index in [4.69, 9.17) is 0 Å². The molecule has 1 nitrogen and oxygen atoms in total. The Bertz CT molecular complexity index is 464. The number of hydrogen-bond donors (Lipinski definition) is 1. The second-order valence-corrected chi connectivity index (χ2v) is 6.74. The number of benzene rings is 1. The van der Waals surface area contributed by atoms with Crippen LogP contribution in [0.1, 0.15) is 23.3 Å². The fraction of sp³-hybridized carbons (Fsp3) is 0.375. The first-order valence-corrected chi connectivity index (χ1v) is 8.39. The van der Waals surface area contributed by atoms with Crippen LogP contribution in [0.25, 0.3) is 0 Å². The highest BCUT2D eigenvalue weighted by molar-refractivity contribution is 9.10. The van der Waals surface area contributed by atoms with E-state index in [1.807, 2.05) is 11.3 Å². The van der Waals surface area contributed by atoms with Crippen molar-refractivity contribution < 1.29 is 0 Å². The van der Waals surface area contributed by atoms with E-state index in [0.29, 0.717) is 6.04 Å². The molecular formula is C16H20BrNS. The summed E-state index contributed by atoms with van der Waals surface area (Å²) in [5, 5.41) is 5.60. The number of nitrogens with one attached hydrogen (secondary N) is 1. The Morgan fingerprint density at radius 2 is 2.00 bits per heavy atom. The monoisotopic (exact) mass is 337 g/mol. The van der Waals surface area contributed by atoms with E-state index in [0.717, 1.165) is 10.9 Å². The SMILES string of the molecule is CNC(CCCc1cccs1)Cc1ccc(Br)cc1. The molecule has 1 N–H and O–H groups in total. The molecule has 19 heavy (non-hydrogen) atoms. The lowest BCUT2D eigenvalue weighted by Gasteiger charge is -2.16. The Labute approximate surface area is 128 Å². The Hall–Kier alpha value is -0.640. The van der Waals surface area contributed by atoms with Gasteiger partial charge in [-0.05, 0) is 61.9 Å². The summed E-state index contributed by atoms with van der Waals surface area (Å²) in [7, 11) is 2.06.